The summed E-state index contributed by atoms with van der Waals surface area (Å²) in [7, 11) is -7.22. The van der Waals surface area contributed by atoms with E-state index in [1.54, 1.807) is 36.4 Å². The van der Waals surface area contributed by atoms with Crippen LogP contribution in [0.25, 0.3) is 11.0 Å². The van der Waals surface area contributed by atoms with Crippen LogP contribution in [0.1, 0.15) is 15.9 Å². The Morgan fingerprint density at radius 2 is 1.73 bits per heavy atom. The summed E-state index contributed by atoms with van der Waals surface area (Å²) in [5, 5.41) is -0.271. The van der Waals surface area contributed by atoms with Crippen molar-refractivity contribution in [2.45, 2.75) is 15.9 Å². The molecular formula is C22H18N2O7S2. The van der Waals surface area contributed by atoms with Crippen molar-refractivity contribution in [3.8, 4) is 0 Å². The third-order valence-corrected chi connectivity index (χ3v) is 7.57. The molecule has 4 aromatic rings. The van der Waals surface area contributed by atoms with Gasteiger partial charge in [-0.2, -0.15) is 8.42 Å². The van der Waals surface area contributed by atoms with Crippen LogP contribution in [0, 0.1) is 0 Å². The fourth-order valence-electron chi connectivity index (χ4n) is 3.23. The smallest absolute Gasteiger partial charge is 0.338 e. The number of furan rings is 1. The van der Waals surface area contributed by atoms with Crippen LogP contribution in [-0.4, -0.2) is 34.9 Å². The second-order valence-corrected chi connectivity index (χ2v) is 10.5. The van der Waals surface area contributed by atoms with Gasteiger partial charge in [0, 0.05) is 17.6 Å². The highest BCUT2D eigenvalue weighted by Gasteiger charge is 2.27. The van der Waals surface area contributed by atoms with Gasteiger partial charge in [0.25, 0.3) is 10.0 Å². The Kier molecular flexibility index (Phi) is 5.91. The number of hydrogen-bond donors (Lipinski definition) is 1. The molecule has 0 amide bonds. The maximum atomic E-state index is 13.2. The van der Waals surface area contributed by atoms with Gasteiger partial charge >= 0.3 is 5.97 Å². The van der Waals surface area contributed by atoms with E-state index in [1.807, 2.05) is 0 Å². The Bertz CT molecular complexity index is 1530. The molecule has 33 heavy (non-hydrogen) atoms. The lowest BCUT2D eigenvalue weighted by atomic mass is 10.1. The Morgan fingerprint density at radius 1 is 1.00 bits per heavy atom. The van der Waals surface area contributed by atoms with Crippen molar-refractivity contribution in [3.05, 3.63) is 84.1 Å². The first-order chi connectivity index (χ1) is 15.7. The van der Waals surface area contributed by atoms with Gasteiger partial charge in [-0.15, -0.1) is 0 Å². The number of methoxy groups -OCH3 is 1. The Morgan fingerprint density at radius 3 is 2.48 bits per heavy atom. The van der Waals surface area contributed by atoms with Gasteiger partial charge in [0.15, 0.2) is 5.03 Å². The SMILES string of the molecule is COC(=O)c1ccccc1CS(=O)(=O)c1ncccc1NS(=O)(=O)c1cc2ccccc2o1. The van der Waals surface area contributed by atoms with Crippen molar-refractivity contribution in [2.24, 2.45) is 0 Å². The van der Waals surface area contributed by atoms with Crippen LogP contribution in [0.2, 0.25) is 0 Å². The van der Waals surface area contributed by atoms with Crippen LogP contribution in [0.3, 0.4) is 0 Å². The number of carbonyl (C=O) groups excluding carboxylic acids is 1. The van der Waals surface area contributed by atoms with Crippen molar-refractivity contribution < 1.29 is 30.8 Å². The molecule has 0 spiro atoms. The van der Waals surface area contributed by atoms with E-state index in [-0.39, 0.29) is 21.9 Å². The van der Waals surface area contributed by atoms with E-state index >= 15 is 0 Å². The second-order valence-electron chi connectivity index (χ2n) is 6.97. The summed E-state index contributed by atoms with van der Waals surface area (Å²) in [6, 6.07) is 16.9. The van der Waals surface area contributed by atoms with E-state index in [0.29, 0.717) is 11.0 Å². The first-order valence-electron chi connectivity index (χ1n) is 9.57. The number of fused-ring (bicyclic) bond motifs is 1. The molecule has 0 aliphatic carbocycles. The molecule has 9 nitrogen and oxygen atoms in total. The number of rotatable bonds is 7. The van der Waals surface area contributed by atoms with Crippen LogP contribution in [-0.2, 0) is 30.4 Å². The van der Waals surface area contributed by atoms with E-state index in [1.165, 1.54) is 43.6 Å². The number of pyridine rings is 1. The molecule has 0 aliphatic heterocycles. The summed E-state index contributed by atoms with van der Waals surface area (Å²) < 4.78 is 64.5. The van der Waals surface area contributed by atoms with Crippen LogP contribution < -0.4 is 4.72 Å². The van der Waals surface area contributed by atoms with Crippen molar-refractivity contribution in [2.75, 3.05) is 11.8 Å². The number of sulfonamides is 1. The van der Waals surface area contributed by atoms with Crippen LogP contribution >= 0.6 is 0 Å². The molecule has 2 heterocycles. The summed E-state index contributed by atoms with van der Waals surface area (Å²) in [5.41, 5.74) is 0.412. The zero-order chi connectivity index (χ0) is 23.6. The fourth-order valence-corrected chi connectivity index (χ4v) is 5.80. The Balaban J connectivity index is 1.69. The molecule has 0 bridgehead atoms. The number of ether oxygens (including phenoxy) is 1. The molecular weight excluding hydrogens is 468 g/mol. The average Bonchev–Trinajstić information content (AvgIpc) is 3.24. The molecule has 170 valence electrons. The van der Waals surface area contributed by atoms with Gasteiger partial charge in [-0.3, -0.25) is 4.72 Å². The lowest BCUT2D eigenvalue weighted by molar-refractivity contribution is 0.0600. The predicted octanol–water partition coefficient (Wildman–Crippen LogP) is 3.39. The maximum absolute atomic E-state index is 13.2. The number of sulfone groups is 1. The highest BCUT2D eigenvalue weighted by Crippen LogP contribution is 2.28. The largest absolute Gasteiger partial charge is 0.465 e. The summed E-state index contributed by atoms with van der Waals surface area (Å²) in [6.45, 7) is 0. The zero-order valence-electron chi connectivity index (χ0n) is 17.3. The molecule has 2 aromatic carbocycles. The Labute approximate surface area is 190 Å². The lowest BCUT2D eigenvalue weighted by Gasteiger charge is -2.12. The number of nitrogens with zero attached hydrogens (tertiary/aromatic N) is 1. The number of nitrogens with one attached hydrogen (secondary N) is 1. The quantitative estimate of drug-likeness (QED) is 0.393. The number of hydrogen-bond acceptors (Lipinski definition) is 8. The lowest BCUT2D eigenvalue weighted by Crippen LogP contribution is -2.17. The van der Waals surface area contributed by atoms with Crippen molar-refractivity contribution in [3.63, 3.8) is 0 Å². The van der Waals surface area contributed by atoms with Crippen LogP contribution in [0.4, 0.5) is 5.69 Å². The van der Waals surface area contributed by atoms with Crippen LogP contribution in [0.15, 0.2) is 87.5 Å². The highest BCUT2D eigenvalue weighted by atomic mass is 32.2. The molecule has 4 rings (SSSR count). The zero-order valence-corrected chi connectivity index (χ0v) is 18.9. The van der Waals surface area contributed by atoms with Gasteiger partial charge in [-0.05, 0) is 29.8 Å². The summed E-state index contributed by atoms with van der Waals surface area (Å²) in [5.74, 6) is -1.28. The summed E-state index contributed by atoms with van der Waals surface area (Å²) in [4.78, 5) is 15.9. The Hall–Kier alpha value is -3.70. The third kappa shape index (κ3) is 4.59. The topological polar surface area (TPSA) is 133 Å². The first kappa shape index (κ1) is 22.5. The molecule has 2 aromatic heterocycles. The van der Waals surface area contributed by atoms with E-state index in [4.69, 9.17) is 9.15 Å². The van der Waals surface area contributed by atoms with Gasteiger partial charge in [0.2, 0.25) is 14.9 Å². The van der Waals surface area contributed by atoms with E-state index in [2.05, 4.69) is 9.71 Å². The van der Waals surface area contributed by atoms with Gasteiger partial charge in [0.1, 0.15) is 5.58 Å². The molecule has 0 unspecified atom stereocenters. The minimum Gasteiger partial charge on any atom is -0.465 e. The molecule has 0 saturated carbocycles. The molecule has 0 aliphatic rings. The minimum absolute atomic E-state index is 0.0870. The number of aromatic nitrogens is 1. The van der Waals surface area contributed by atoms with E-state index in [9.17, 15) is 21.6 Å². The van der Waals surface area contributed by atoms with Crippen molar-refractivity contribution in [1.29, 1.82) is 0 Å². The number of benzene rings is 2. The fraction of sp³-hybridized carbons (Fsp3) is 0.0909. The monoisotopic (exact) mass is 486 g/mol. The normalized spacial score (nSPS) is 11.9. The third-order valence-electron chi connectivity index (χ3n) is 4.75. The number of para-hydroxylation sites is 1. The highest BCUT2D eigenvalue weighted by molar-refractivity contribution is 7.93. The molecule has 11 heteroatoms. The number of esters is 1. The summed E-state index contributed by atoms with van der Waals surface area (Å²) in [6.07, 6.45) is 1.23. The summed E-state index contributed by atoms with van der Waals surface area (Å²) >= 11 is 0. The van der Waals surface area contributed by atoms with Gasteiger partial charge in [-0.25, -0.2) is 18.2 Å². The van der Waals surface area contributed by atoms with E-state index in [0.717, 1.165) is 0 Å². The standard InChI is InChI=1S/C22H18N2O7S2/c1-30-22(25)17-9-4-2-8-16(17)14-32(26,27)21-18(10-6-12-23-21)24-33(28,29)20-13-15-7-3-5-11-19(15)31-20/h2-13,24H,14H2,1H3. The molecule has 0 atom stereocenters. The molecule has 1 N–H and O–H groups in total. The van der Waals surface area contributed by atoms with Gasteiger partial charge < -0.3 is 9.15 Å². The predicted molar refractivity (Wildman–Crippen MR) is 120 cm³/mol. The number of carbonyl (C=O) groups is 1. The second kappa shape index (κ2) is 8.68. The maximum Gasteiger partial charge on any atom is 0.338 e. The number of anilines is 1. The van der Waals surface area contributed by atoms with Gasteiger partial charge in [-0.1, -0.05) is 36.4 Å². The van der Waals surface area contributed by atoms with Gasteiger partial charge in [0.05, 0.1) is 24.1 Å². The van der Waals surface area contributed by atoms with Crippen molar-refractivity contribution >= 4 is 42.5 Å². The average molecular weight is 487 g/mol. The molecule has 0 radical (unpaired) electrons. The molecule has 0 fully saturated rings. The molecule has 0 saturated heterocycles. The van der Waals surface area contributed by atoms with E-state index < -0.39 is 36.6 Å². The minimum atomic E-state index is -4.25. The van der Waals surface area contributed by atoms with Crippen molar-refractivity contribution in [1.82, 2.24) is 4.98 Å². The first-order valence-corrected chi connectivity index (χ1v) is 12.7. The van der Waals surface area contributed by atoms with Crippen LogP contribution in [0.5, 0.6) is 0 Å².